The minimum absolute atomic E-state index is 0.0617. The average Bonchev–Trinajstić information content (AvgIpc) is 2.95. The smallest absolute Gasteiger partial charge is 0.243 e. The van der Waals surface area contributed by atoms with E-state index in [0.717, 1.165) is 13.1 Å². The molecular weight excluding hydrogens is 506 g/mol. The van der Waals surface area contributed by atoms with Gasteiger partial charge in [0, 0.05) is 44.3 Å². The van der Waals surface area contributed by atoms with Gasteiger partial charge >= 0.3 is 0 Å². The van der Waals surface area contributed by atoms with E-state index in [9.17, 15) is 13.2 Å². The minimum atomic E-state index is -3.66. The highest BCUT2D eigenvalue weighted by Crippen LogP contribution is 2.31. The molecule has 6 nitrogen and oxygen atoms in total. The van der Waals surface area contributed by atoms with E-state index < -0.39 is 10.0 Å². The minimum Gasteiger partial charge on any atom is -0.340 e. The van der Waals surface area contributed by atoms with Crippen molar-refractivity contribution in [1.82, 2.24) is 14.1 Å². The number of piperidine rings is 1. The molecule has 1 amide bonds. The van der Waals surface area contributed by atoms with Gasteiger partial charge in [0.2, 0.25) is 15.9 Å². The van der Waals surface area contributed by atoms with Crippen LogP contribution < -0.4 is 0 Å². The fourth-order valence-electron chi connectivity index (χ4n) is 5.46. The number of carbonyl (C=O) groups is 1. The van der Waals surface area contributed by atoms with Crippen LogP contribution in [0.4, 0.5) is 0 Å². The molecule has 5 rings (SSSR count). The normalized spacial score (nSPS) is 19.7. The lowest BCUT2D eigenvalue weighted by molar-refractivity contribution is -0.138. The van der Waals surface area contributed by atoms with E-state index in [2.05, 4.69) is 53.4 Å². The van der Waals surface area contributed by atoms with E-state index in [1.165, 1.54) is 27.6 Å². The van der Waals surface area contributed by atoms with Gasteiger partial charge in [-0.15, -0.1) is 0 Å². The Bertz CT molecular complexity index is 1260. The Labute approximate surface area is 224 Å². The Balaban J connectivity index is 1.25. The van der Waals surface area contributed by atoms with E-state index in [0.29, 0.717) is 37.5 Å². The first-order valence-corrected chi connectivity index (χ1v) is 14.6. The zero-order valence-electron chi connectivity index (χ0n) is 20.7. The molecule has 37 heavy (non-hydrogen) atoms. The number of benzene rings is 3. The molecule has 8 heteroatoms. The molecule has 0 aliphatic carbocycles. The molecule has 2 aliphatic rings. The second-order valence-corrected chi connectivity index (χ2v) is 12.1. The van der Waals surface area contributed by atoms with E-state index in [1.807, 2.05) is 17.0 Å². The topological polar surface area (TPSA) is 60.9 Å². The van der Waals surface area contributed by atoms with Gasteiger partial charge in [0.25, 0.3) is 0 Å². The Morgan fingerprint density at radius 2 is 1.35 bits per heavy atom. The van der Waals surface area contributed by atoms with Crippen LogP contribution in [0.5, 0.6) is 0 Å². The maximum Gasteiger partial charge on any atom is 0.243 e. The zero-order valence-corrected chi connectivity index (χ0v) is 22.3. The molecular formula is C29H32ClN3O3S. The number of amides is 1. The van der Waals surface area contributed by atoms with Crippen LogP contribution in [0.25, 0.3) is 0 Å². The fourth-order valence-corrected chi connectivity index (χ4v) is 7.11. The van der Waals surface area contributed by atoms with Crippen molar-refractivity contribution < 1.29 is 13.2 Å². The molecule has 0 aromatic heterocycles. The Morgan fingerprint density at radius 3 is 1.92 bits per heavy atom. The maximum atomic E-state index is 13.5. The zero-order chi connectivity index (χ0) is 25.8. The highest BCUT2D eigenvalue weighted by Gasteiger charge is 2.36. The first-order valence-electron chi connectivity index (χ1n) is 12.8. The predicted octanol–water partition coefficient (Wildman–Crippen LogP) is 4.67. The summed E-state index contributed by atoms with van der Waals surface area (Å²) in [5.74, 6) is -0.256. The van der Waals surface area contributed by atoms with Gasteiger partial charge in [-0.3, -0.25) is 9.69 Å². The van der Waals surface area contributed by atoms with Crippen molar-refractivity contribution in [2.45, 2.75) is 23.8 Å². The van der Waals surface area contributed by atoms with Gasteiger partial charge in [-0.25, -0.2) is 8.42 Å². The second kappa shape index (κ2) is 11.4. The van der Waals surface area contributed by atoms with Crippen LogP contribution in [0.1, 0.15) is 30.0 Å². The molecule has 0 spiro atoms. The quantitative estimate of drug-likeness (QED) is 0.458. The monoisotopic (exact) mass is 537 g/mol. The molecule has 0 radical (unpaired) electrons. The van der Waals surface area contributed by atoms with Crippen molar-refractivity contribution in [1.29, 1.82) is 0 Å². The summed E-state index contributed by atoms with van der Waals surface area (Å²) in [5.41, 5.74) is 2.48. The van der Waals surface area contributed by atoms with Crippen molar-refractivity contribution in [3.8, 4) is 0 Å². The average molecular weight is 538 g/mol. The summed E-state index contributed by atoms with van der Waals surface area (Å²) >= 11 is 5.94. The van der Waals surface area contributed by atoms with Gasteiger partial charge in [-0.2, -0.15) is 4.31 Å². The number of piperazine rings is 1. The van der Waals surface area contributed by atoms with Crippen molar-refractivity contribution in [2.75, 3.05) is 39.3 Å². The SMILES string of the molecule is O=C([C@H]1CCCN(S(=O)(=O)c2ccc(Cl)cc2)C1)N1CCN(C(c2ccccc2)c2ccccc2)CC1. The third kappa shape index (κ3) is 5.75. The predicted molar refractivity (Wildman–Crippen MR) is 146 cm³/mol. The summed E-state index contributed by atoms with van der Waals surface area (Å²) in [5, 5.41) is 0.492. The van der Waals surface area contributed by atoms with Crippen LogP contribution in [-0.2, 0) is 14.8 Å². The van der Waals surface area contributed by atoms with Crippen LogP contribution in [0.3, 0.4) is 0 Å². The molecule has 194 valence electrons. The van der Waals surface area contributed by atoms with Crippen LogP contribution >= 0.6 is 11.6 Å². The third-order valence-corrected chi connectivity index (χ3v) is 9.54. The van der Waals surface area contributed by atoms with Crippen LogP contribution in [0, 0.1) is 5.92 Å². The second-order valence-electron chi connectivity index (χ2n) is 9.74. The van der Waals surface area contributed by atoms with E-state index >= 15 is 0 Å². The summed E-state index contributed by atoms with van der Waals surface area (Å²) in [4.78, 5) is 18.1. The van der Waals surface area contributed by atoms with Crippen molar-refractivity contribution in [3.63, 3.8) is 0 Å². The molecule has 3 aromatic carbocycles. The molecule has 0 saturated carbocycles. The number of hydrogen-bond donors (Lipinski definition) is 0. The van der Waals surface area contributed by atoms with Crippen molar-refractivity contribution in [3.05, 3.63) is 101 Å². The van der Waals surface area contributed by atoms with Gasteiger partial charge in [-0.05, 0) is 48.2 Å². The van der Waals surface area contributed by atoms with E-state index in [4.69, 9.17) is 11.6 Å². The molecule has 2 fully saturated rings. The summed E-state index contributed by atoms with van der Waals surface area (Å²) in [7, 11) is -3.66. The van der Waals surface area contributed by atoms with E-state index in [-0.39, 0.29) is 29.3 Å². The van der Waals surface area contributed by atoms with Crippen LogP contribution in [0.15, 0.2) is 89.8 Å². The lowest BCUT2D eigenvalue weighted by Gasteiger charge is -2.41. The number of nitrogens with zero attached hydrogens (tertiary/aromatic N) is 3. The summed E-state index contributed by atoms with van der Waals surface area (Å²) in [6.45, 7) is 3.45. The Hall–Kier alpha value is -2.71. The lowest BCUT2D eigenvalue weighted by Crippen LogP contribution is -2.53. The number of hydrogen-bond acceptors (Lipinski definition) is 4. The van der Waals surface area contributed by atoms with Gasteiger partial charge in [0.1, 0.15) is 0 Å². The fraction of sp³-hybridized carbons (Fsp3) is 0.345. The standard InChI is InChI=1S/C29H32ClN3O3S/c30-26-13-15-27(16-14-26)37(35,36)33-17-7-12-25(22-33)29(34)32-20-18-31(19-21-32)28(23-8-3-1-4-9-23)24-10-5-2-6-11-24/h1-6,8-11,13-16,25,28H,7,12,17-22H2/t25-/m0/s1. The number of halogens is 1. The van der Waals surface area contributed by atoms with Gasteiger partial charge in [-0.1, -0.05) is 72.3 Å². The van der Waals surface area contributed by atoms with Gasteiger partial charge in [0.15, 0.2) is 0 Å². The largest absolute Gasteiger partial charge is 0.340 e. The van der Waals surface area contributed by atoms with Crippen LogP contribution in [0.2, 0.25) is 5.02 Å². The molecule has 0 bridgehead atoms. The lowest BCUT2D eigenvalue weighted by atomic mass is 9.95. The molecule has 0 N–H and O–H groups in total. The highest BCUT2D eigenvalue weighted by atomic mass is 35.5. The number of sulfonamides is 1. The molecule has 1 atom stereocenters. The maximum absolute atomic E-state index is 13.5. The van der Waals surface area contributed by atoms with Crippen LogP contribution in [-0.4, -0.2) is 67.7 Å². The highest BCUT2D eigenvalue weighted by molar-refractivity contribution is 7.89. The summed E-state index contributed by atoms with van der Waals surface area (Å²) < 4.78 is 27.8. The van der Waals surface area contributed by atoms with E-state index in [1.54, 1.807) is 12.1 Å². The first-order chi connectivity index (χ1) is 17.9. The molecule has 2 heterocycles. The third-order valence-electron chi connectivity index (χ3n) is 7.41. The molecule has 0 unspecified atom stereocenters. The Morgan fingerprint density at radius 1 is 0.784 bits per heavy atom. The van der Waals surface area contributed by atoms with Crippen molar-refractivity contribution >= 4 is 27.5 Å². The summed E-state index contributed by atoms with van der Waals surface area (Å²) in [6, 6.07) is 27.3. The number of carbonyl (C=O) groups excluding carboxylic acids is 1. The Kier molecular flexibility index (Phi) is 7.95. The molecule has 3 aromatic rings. The molecule has 2 aliphatic heterocycles. The number of rotatable bonds is 6. The van der Waals surface area contributed by atoms with Gasteiger partial charge < -0.3 is 4.90 Å². The van der Waals surface area contributed by atoms with Crippen molar-refractivity contribution in [2.24, 2.45) is 5.92 Å². The van der Waals surface area contributed by atoms with Gasteiger partial charge in [0.05, 0.1) is 16.9 Å². The molecule has 2 saturated heterocycles. The first kappa shape index (κ1) is 25.9. The summed E-state index contributed by atoms with van der Waals surface area (Å²) in [6.07, 6.45) is 1.38.